The molecule has 20 heavy (non-hydrogen) atoms. The third kappa shape index (κ3) is 2.51. The number of rotatable bonds is 4. The molecule has 102 valence electrons. The molecule has 3 rings (SSSR count). The Bertz CT molecular complexity index is 642. The molecule has 2 aromatic carbocycles. The number of fused-ring (bicyclic) bond motifs is 1. The van der Waals surface area contributed by atoms with Gasteiger partial charge in [-0.2, -0.15) is 0 Å². The Hall–Kier alpha value is -1.94. The Balaban J connectivity index is 1.74. The second kappa shape index (κ2) is 5.59. The molecular formula is C16H16N2OS. The molecule has 0 saturated carbocycles. The lowest BCUT2D eigenvalue weighted by molar-refractivity contribution is 0.297. The minimum Gasteiger partial charge on any atom is -0.492 e. The van der Waals surface area contributed by atoms with Crippen molar-refractivity contribution in [1.82, 2.24) is 0 Å². The first-order valence-electron chi connectivity index (χ1n) is 6.53. The van der Waals surface area contributed by atoms with Gasteiger partial charge in [-0.1, -0.05) is 30.3 Å². The first-order valence-corrected chi connectivity index (χ1v) is 7.52. The predicted octanol–water partition coefficient (Wildman–Crippen LogP) is 3.24. The lowest BCUT2D eigenvalue weighted by Crippen LogP contribution is -2.15. The van der Waals surface area contributed by atoms with Gasteiger partial charge in [-0.25, -0.2) is 0 Å². The van der Waals surface area contributed by atoms with Crippen molar-refractivity contribution in [2.45, 2.75) is 10.8 Å². The highest BCUT2D eigenvalue weighted by molar-refractivity contribution is 7.99. The van der Waals surface area contributed by atoms with E-state index >= 15 is 0 Å². The van der Waals surface area contributed by atoms with Gasteiger partial charge in [0.15, 0.2) is 0 Å². The third-order valence-corrected chi connectivity index (χ3v) is 4.67. The van der Waals surface area contributed by atoms with E-state index in [9.17, 15) is 0 Å². The van der Waals surface area contributed by atoms with Crippen molar-refractivity contribution in [3.05, 3.63) is 59.7 Å². The van der Waals surface area contributed by atoms with E-state index in [0.717, 1.165) is 5.75 Å². The van der Waals surface area contributed by atoms with Crippen LogP contribution < -0.4 is 10.5 Å². The van der Waals surface area contributed by atoms with Gasteiger partial charge >= 0.3 is 0 Å². The van der Waals surface area contributed by atoms with E-state index in [1.165, 1.54) is 10.5 Å². The van der Waals surface area contributed by atoms with E-state index in [-0.39, 0.29) is 5.84 Å². The number of nitrogens with one attached hydrogen (secondary N) is 1. The molecule has 0 aromatic heterocycles. The van der Waals surface area contributed by atoms with Crippen molar-refractivity contribution in [1.29, 1.82) is 5.41 Å². The molecule has 4 heteroatoms. The van der Waals surface area contributed by atoms with Crippen LogP contribution in [0.3, 0.4) is 0 Å². The van der Waals surface area contributed by atoms with E-state index < -0.39 is 0 Å². The molecule has 0 aliphatic carbocycles. The van der Waals surface area contributed by atoms with E-state index in [1.54, 1.807) is 0 Å². The third-order valence-electron chi connectivity index (χ3n) is 3.42. The summed E-state index contributed by atoms with van der Waals surface area (Å²) in [5.41, 5.74) is 7.59. The summed E-state index contributed by atoms with van der Waals surface area (Å²) in [6.45, 7) is 0.619. The Morgan fingerprint density at radius 2 is 1.95 bits per heavy atom. The molecule has 0 fully saturated rings. The van der Waals surface area contributed by atoms with Crippen molar-refractivity contribution in [3.63, 3.8) is 0 Å². The van der Waals surface area contributed by atoms with Crippen LogP contribution in [0, 0.1) is 5.41 Å². The molecule has 3 nitrogen and oxygen atoms in total. The van der Waals surface area contributed by atoms with Crippen molar-refractivity contribution >= 4 is 17.6 Å². The maximum Gasteiger partial charge on any atom is 0.130 e. The standard InChI is InChI=1S/C16H16N2OS/c17-16(18)13-6-1-3-7-14(13)19-9-11-10-20-15-8-4-2-5-12(11)15/h1-8,11H,9-10H2,(H3,17,18). The number of thioether (sulfide) groups is 1. The first-order chi connectivity index (χ1) is 9.75. The number of ether oxygens (including phenoxy) is 1. The lowest BCUT2D eigenvalue weighted by Gasteiger charge is -2.14. The van der Waals surface area contributed by atoms with Crippen LogP contribution in [0.5, 0.6) is 5.75 Å². The molecule has 0 spiro atoms. The highest BCUT2D eigenvalue weighted by Gasteiger charge is 2.23. The Morgan fingerprint density at radius 3 is 2.80 bits per heavy atom. The fraction of sp³-hybridized carbons (Fsp3) is 0.188. The highest BCUT2D eigenvalue weighted by atomic mass is 32.2. The van der Waals surface area contributed by atoms with Gasteiger partial charge in [0.05, 0.1) is 12.2 Å². The number of hydrogen-bond donors (Lipinski definition) is 2. The van der Waals surface area contributed by atoms with Gasteiger partial charge in [0.2, 0.25) is 0 Å². The molecule has 1 atom stereocenters. The minimum atomic E-state index is 0.0433. The molecule has 1 aliphatic heterocycles. The summed E-state index contributed by atoms with van der Waals surface area (Å²) in [4.78, 5) is 1.35. The Kier molecular flexibility index (Phi) is 3.65. The first kappa shape index (κ1) is 13.1. The summed E-state index contributed by atoms with van der Waals surface area (Å²) in [6.07, 6.45) is 0. The zero-order valence-electron chi connectivity index (χ0n) is 11.0. The van der Waals surface area contributed by atoms with Gasteiger partial charge in [-0.3, -0.25) is 5.41 Å². The number of nitrogen functional groups attached to an aromatic ring is 1. The fourth-order valence-electron chi connectivity index (χ4n) is 2.37. The van der Waals surface area contributed by atoms with Crippen molar-refractivity contribution < 1.29 is 4.74 Å². The number of benzene rings is 2. The normalized spacial score (nSPS) is 16.7. The number of hydrogen-bond acceptors (Lipinski definition) is 3. The average Bonchev–Trinajstić information content (AvgIpc) is 2.88. The van der Waals surface area contributed by atoms with E-state index in [0.29, 0.717) is 23.8 Å². The molecule has 1 heterocycles. The van der Waals surface area contributed by atoms with Crippen LogP contribution in [0.25, 0.3) is 0 Å². The van der Waals surface area contributed by atoms with Crippen LogP contribution in [0.2, 0.25) is 0 Å². The van der Waals surface area contributed by atoms with Crippen LogP contribution in [0.1, 0.15) is 17.0 Å². The van der Waals surface area contributed by atoms with E-state index in [1.807, 2.05) is 36.0 Å². The summed E-state index contributed by atoms with van der Waals surface area (Å²) in [5, 5.41) is 7.57. The minimum absolute atomic E-state index is 0.0433. The van der Waals surface area contributed by atoms with E-state index in [2.05, 4.69) is 24.3 Å². The fourth-order valence-corrected chi connectivity index (χ4v) is 3.61. The lowest BCUT2D eigenvalue weighted by atomic mass is 10.0. The van der Waals surface area contributed by atoms with Crippen molar-refractivity contribution in [2.24, 2.45) is 5.73 Å². The zero-order valence-corrected chi connectivity index (χ0v) is 11.8. The molecule has 0 saturated heterocycles. The van der Waals surface area contributed by atoms with Gasteiger partial charge in [-0.05, 0) is 23.8 Å². The molecule has 0 amide bonds. The summed E-state index contributed by atoms with van der Waals surface area (Å²) in [7, 11) is 0. The highest BCUT2D eigenvalue weighted by Crippen LogP contribution is 2.39. The molecule has 3 N–H and O–H groups in total. The van der Waals surface area contributed by atoms with Gasteiger partial charge < -0.3 is 10.5 Å². The topological polar surface area (TPSA) is 59.1 Å². The van der Waals surface area contributed by atoms with Crippen LogP contribution in [-0.2, 0) is 0 Å². The second-order valence-electron chi connectivity index (χ2n) is 4.77. The van der Waals surface area contributed by atoms with Crippen molar-refractivity contribution in [3.8, 4) is 5.75 Å². The second-order valence-corrected chi connectivity index (χ2v) is 5.83. The molecular weight excluding hydrogens is 268 g/mol. The van der Waals surface area contributed by atoms with Gasteiger partial charge in [0.1, 0.15) is 11.6 Å². The SMILES string of the molecule is N=C(N)c1ccccc1OCC1CSc2ccccc21. The molecule has 0 bridgehead atoms. The Morgan fingerprint density at radius 1 is 1.20 bits per heavy atom. The largest absolute Gasteiger partial charge is 0.492 e. The van der Waals surface area contributed by atoms with E-state index in [4.69, 9.17) is 15.9 Å². The van der Waals surface area contributed by atoms with Crippen molar-refractivity contribution in [2.75, 3.05) is 12.4 Å². The average molecular weight is 284 g/mol. The summed E-state index contributed by atoms with van der Waals surface area (Å²) in [5.74, 6) is 2.18. The smallest absolute Gasteiger partial charge is 0.130 e. The molecule has 0 radical (unpaired) electrons. The quantitative estimate of drug-likeness (QED) is 0.669. The molecule has 1 unspecified atom stereocenters. The van der Waals surface area contributed by atoms with Gasteiger partial charge in [-0.15, -0.1) is 11.8 Å². The maximum absolute atomic E-state index is 7.57. The summed E-state index contributed by atoms with van der Waals surface area (Å²) in [6, 6.07) is 15.9. The van der Waals surface area contributed by atoms with Gasteiger partial charge in [0.25, 0.3) is 0 Å². The summed E-state index contributed by atoms with van der Waals surface area (Å²) >= 11 is 1.87. The maximum atomic E-state index is 7.57. The number of nitrogens with two attached hydrogens (primary N) is 1. The summed E-state index contributed by atoms with van der Waals surface area (Å²) < 4.78 is 5.91. The molecule has 1 aliphatic rings. The number of amidine groups is 1. The monoisotopic (exact) mass is 284 g/mol. The zero-order chi connectivity index (χ0) is 13.9. The predicted molar refractivity (Wildman–Crippen MR) is 82.9 cm³/mol. The Labute approximate surface area is 122 Å². The van der Waals surface area contributed by atoms with Crippen LogP contribution in [0.4, 0.5) is 0 Å². The number of para-hydroxylation sites is 1. The molecule has 2 aromatic rings. The van der Waals surface area contributed by atoms with Gasteiger partial charge in [0, 0.05) is 16.6 Å². The van der Waals surface area contributed by atoms with Crippen LogP contribution >= 0.6 is 11.8 Å². The van der Waals surface area contributed by atoms with Crippen LogP contribution in [0.15, 0.2) is 53.4 Å². The van der Waals surface area contributed by atoms with Crippen LogP contribution in [-0.4, -0.2) is 18.2 Å².